The third-order valence-electron chi connectivity index (χ3n) is 3.36. The van der Waals surface area contributed by atoms with Crippen molar-refractivity contribution in [1.82, 2.24) is 25.4 Å². The van der Waals surface area contributed by atoms with Gasteiger partial charge < -0.3 is 10.1 Å². The molecule has 112 valence electrons. The quantitative estimate of drug-likeness (QED) is 0.672. The number of nitrogens with one attached hydrogen (secondary N) is 3. The van der Waals surface area contributed by atoms with E-state index in [2.05, 4.69) is 25.4 Å². The van der Waals surface area contributed by atoms with E-state index in [-0.39, 0.29) is 36.4 Å². The maximum absolute atomic E-state index is 12.1. The molecule has 3 N–H and O–H groups in total. The first-order valence-electron chi connectivity index (χ1n) is 6.76. The van der Waals surface area contributed by atoms with E-state index < -0.39 is 0 Å². The van der Waals surface area contributed by atoms with E-state index in [4.69, 9.17) is 4.74 Å². The highest BCUT2D eigenvalue weighted by Crippen LogP contribution is 2.13. The summed E-state index contributed by atoms with van der Waals surface area (Å²) in [5, 5.41) is 8.76. The van der Waals surface area contributed by atoms with Crippen LogP contribution in [0.2, 0.25) is 0 Å². The molecular weight excluding hydrogens is 262 g/mol. The Hall–Kier alpha value is -1.67. The van der Waals surface area contributed by atoms with Gasteiger partial charge in [0.2, 0.25) is 5.91 Å². The van der Waals surface area contributed by atoms with E-state index in [0.717, 1.165) is 13.1 Å². The van der Waals surface area contributed by atoms with Crippen molar-refractivity contribution < 1.29 is 9.53 Å². The van der Waals surface area contributed by atoms with E-state index in [1.165, 1.54) is 0 Å². The minimum atomic E-state index is -0.377. The average molecular weight is 283 g/mol. The van der Waals surface area contributed by atoms with Gasteiger partial charge in [-0.15, -0.1) is 0 Å². The Morgan fingerprint density at radius 1 is 1.50 bits per heavy atom. The first kappa shape index (κ1) is 14.7. The van der Waals surface area contributed by atoms with E-state index in [9.17, 15) is 9.59 Å². The molecule has 1 fully saturated rings. The fourth-order valence-corrected chi connectivity index (χ4v) is 2.41. The number of carbonyl (C=O) groups is 1. The highest BCUT2D eigenvalue weighted by atomic mass is 16.5. The lowest BCUT2D eigenvalue weighted by Gasteiger charge is -2.38. The second-order valence-corrected chi connectivity index (χ2v) is 5.23. The topological polar surface area (TPSA) is 103 Å². The van der Waals surface area contributed by atoms with Crippen LogP contribution in [0.3, 0.4) is 0 Å². The molecule has 0 spiro atoms. The fourth-order valence-electron chi connectivity index (χ4n) is 2.41. The standard InChI is InChI=1S/C12H21N5O3/c1-7-5-17(6-8(2)20-7)9(3)11(18)13-4-10-14-12(19)16-15-10/h7-9H,4-6H2,1-3H3,(H,13,18)(H2,14,15,16,19)/t7-,8+,9-/m0/s1. The lowest BCUT2D eigenvalue weighted by Crippen LogP contribution is -2.53. The predicted octanol–water partition coefficient (Wildman–Crippen LogP) is -0.788. The summed E-state index contributed by atoms with van der Waals surface area (Å²) >= 11 is 0. The number of aromatic nitrogens is 3. The van der Waals surface area contributed by atoms with Crippen molar-refractivity contribution in [2.24, 2.45) is 0 Å². The molecule has 1 saturated heterocycles. The van der Waals surface area contributed by atoms with Crippen molar-refractivity contribution in [2.45, 2.75) is 45.6 Å². The molecule has 1 aliphatic rings. The van der Waals surface area contributed by atoms with Gasteiger partial charge in [0.1, 0.15) is 5.82 Å². The highest BCUT2D eigenvalue weighted by Gasteiger charge is 2.29. The van der Waals surface area contributed by atoms with Crippen LogP contribution in [0.15, 0.2) is 4.79 Å². The Bertz CT molecular complexity index is 501. The molecule has 0 unspecified atom stereocenters. The Morgan fingerprint density at radius 2 is 2.15 bits per heavy atom. The van der Waals surface area contributed by atoms with E-state index in [0.29, 0.717) is 5.82 Å². The smallest absolute Gasteiger partial charge is 0.340 e. The van der Waals surface area contributed by atoms with Gasteiger partial charge in [0, 0.05) is 13.1 Å². The number of nitrogens with zero attached hydrogens (tertiary/aromatic N) is 2. The zero-order valence-electron chi connectivity index (χ0n) is 12.0. The van der Waals surface area contributed by atoms with Gasteiger partial charge in [-0.3, -0.25) is 14.7 Å². The Balaban J connectivity index is 1.86. The van der Waals surface area contributed by atoms with Crippen LogP contribution >= 0.6 is 0 Å². The van der Waals surface area contributed by atoms with Crippen molar-refractivity contribution >= 4 is 5.91 Å². The summed E-state index contributed by atoms with van der Waals surface area (Å²) in [6.07, 6.45) is 0.244. The molecule has 1 aromatic heterocycles. The van der Waals surface area contributed by atoms with Gasteiger partial charge in [-0.2, -0.15) is 5.10 Å². The number of morpholine rings is 1. The van der Waals surface area contributed by atoms with Gasteiger partial charge in [-0.25, -0.2) is 9.89 Å². The first-order valence-corrected chi connectivity index (χ1v) is 6.76. The van der Waals surface area contributed by atoms with Crippen molar-refractivity contribution in [1.29, 1.82) is 0 Å². The van der Waals surface area contributed by atoms with Crippen LogP contribution in [0.25, 0.3) is 0 Å². The van der Waals surface area contributed by atoms with Crippen molar-refractivity contribution in [3.63, 3.8) is 0 Å². The van der Waals surface area contributed by atoms with Crippen LogP contribution in [0, 0.1) is 0 Å². The molecule has 2 rings (SSSR count). The maximum Gasteiger partial charge on any atom is 0.340 e. The third-order valence-corrected chi connectivity index (χ3v) is 3.36. The molecule has 0 bridgehead atoms. The zero-order chi connectivity index (χ0) is 14.7. The number of H-pyrrole nitrogens is 2. The number of ether oxygens (including phenoxy) is 1. The first-order chi connectivity index (χ1) is 9.45. The molecule has 1 aliphatic heterocycles. The predicted molar refractivity (Wildman–Crippen MR) is 72.1 cm³/mol. The second kappa shape index (κ2) is 6.19. The monoisotopic (exact) mass is 283 g/mol. The van der Waals surface area contributed by atoms with E-state index in [1.54, 1.807) is 0 Å². The van der Waals surface area contributed by atoms with Crippen molar-refractivity contribution in [2.75, 3.05) is 13.1 Å². The van der Waals surface area contributed by atoms with Gasteiger partial charge >= 0.3 is 5.69 Å². The minimum absolute atomic E-state index is 0.0878. The summed E-state index contributed by atoms with van der Waals surface area (Å²) in [7, 11) is 0. The third kappa shape index (κ3) is 3.67. The normalized spacial score (nSPS) is 25.4. The molecule has 0 saturated carbocycles. The summed E-state index contributed by atoms with van der Waals surface area (Å²) in [6.45, 7) is 7.55. The molecule has 0 aromatic carbocycles. The number of rotatable bonds is 4. The summed E-state index contributed by atoms with van der Waals surface area (Å²) in [5.41, 5.74) is -0.377. The Morgan fingerprint density at radius 3 is 2.70 bits per heavy atom. The minimum Gasteiger partial charge on any atom is -0.373 e. The number of carbonyl (C=O) groups excluding carboxylic acids is 1. The molecule has 1 aromatic rings. The zero-order valence-corrected chi connectivity index (χ0v) is 12.0. The number of amides is 1. The van der Waals surface area contributed by atoms with Crippen molar-refractivity contribution in [3.05, 3.63) is 16.3 Å². The van der Waals surface area contributed by atoms with Gasteiger partial charge in [0.15, 0.2) is 0 Å². The van der Waals surface area contributed by atoms with E-state index in [1.807, 2.05) is 20.8 Å². The Kier molecular flexibility index (Phi) is 4.56. The van der Waals surface area contributed by atoms with Crippen LogP contribution in [0.5, 0.6) is 0 Å². The van der Waals surface area contributed by atoms with E-state index >= 15 is 0 Å². The van der Waals surface area contributed by atoms with Crippen LogP contribution in [-0.4, -0.2) is 57.3 Å². The van der Waals surface area contributed by atoms with Crippen LogP contribution < -0.4 is 11.0 Å². The lowest BCUT2D eigenvalue weighted by atomic mass is 10.1. The summed E-state index contributed by atoms with van der Waals surface area (Å²) < 4.78 is 5.65. The number of hydrogen-bond donors (Lipinski definition) is 3. The summed E-state index contributed by atoms with van der Waals surface area (Å²) in [6, 6.07) is -0.241. The molecule has 3 atom stereocenters. The van der Waals surface area contributed by atoms with Crippen LogP contribution in [0.4, 0.5) is 0 Å². The van der Waals surface area contributed by atoms with Gasteiger partial charge in [-0.1, -0.05) is 0 Å². The molecule has 20 heavy (non-hydrogen) atoms. The molecule has 1 amide bonds. The molecule has 2 heterocycles. The SMILES string of the molecule is C[C@@H]1CN([C@@H](C)C(=O)NCc2n[nH]c(=O)[nH]2)C[C@H](C)O1. The Labute approximate surface area is 116 Å². The molecule has 0 radical (unpaired) electrons. The largest absolute Gasteiger partial charge is 0.373 e. The number of aromatic amines is 2. The second-order valence-electron chi connectivity index (χ2n) is 5.23. The van der Waals surface area contributed by atoms with Crippen molar-refractivity contribution in [3.8, 4) is 0 Å². The van der Waals surface area contributed by atoms with Crippen LogP contribution in [0.1, 0.15) is 26.6 Å². The van der Waals surface area contributed by atoms with Gasteiger partial charge in [-0.05, 0) is 20.8 Å². The van der Waals surface area contributed by atoms with Gasteiger partial charge in [0.25, 0.3) is 0 Å². The van der Waals surface area contributed by atoms with Gasteiger partial charge in [0.05, 0.1) is 24.8 Å². The molecule has 0 aliphatic carbocycles. The molecular formula is C12H21N5O3. The maximum atomic E-state index is 12.1. The summed E-state index contributed by atoms with van der Waals surface area (Å²) in [5.74, 6) is 0.328. The summed E-state index contributed by atoms with van der Waals surface area (Å²) in [4.78, 5) is 27.6. The lowest BCUT2D eigenvalue weighted by molar-refractivity contribution is -0.132. The highest BCUT2D eigenvalue weighted by molar-refractivity contribution is 5.81. The molecule has 8 nitrogen and oxygen atoms in total. The number of hydrogen-bond acceptors (Lipinski definition) is 5. The average Bonchev–Trinajstić information content (AvgIpc) is 2.79. The van der Waals surface area contributed by atoms with Crippen LogP contribution in [-0.2, 0) is 16.1 Å². The fraction of sp³-hybridized carbons (Fsp3) is 0.750. The molecule has 8 heteroatoms.